The number of likely N-dealkylation sites (tertiary alicyclic amines) is 1. The first-order valence-corrected chi connectivity index (χ1v) is 8.07. The number of aliphatic imine (C=N–C) groups is 1. The van der Waals surface area contributed by atoms with E-state index in [1.54, 1.807) is 11.1 Å². The fraction of sp³-hybridized carbons (Fsp3) is 0.500. The van der Waals surface area contributed by atoms with Gasteiger partial charge in [-0.15, -0.1) is 0 Å². The highest BCUT2D eigenvalue weighted by atomic mass is 15.2. The maximum atomic E-state index is 5.95. The molecule has 1 atom stereocenters. The molecule has 21 heavy (non-hydrogen) atoms. The number of piperidine rings is 1. The summed E-state index contributed by atoms with van der Waals surface area (Å²) in [6.45, 7) is 2.28. The van der Waals surface area contributed by atoms with Gasteiger partial charge in [0, 0.05) is 31.4 Å². The Hall–Kier alpha value is -1.61. The Kier molecular flexibility index (Phi) is 3.11. The van der Waals surface area contributed by atoms with Gasteiger partial charge >= 0.3 is 0 Å². The molecule has 0 radical (unpaired) electrons. The molecule has 2 heterocycles. The van der Waals surface area contributed by atoms with Gasteiger partial charge in [-0.1, -0.05) is 24.3 Å². The zero-order valence-electron chi connectivity index (χ0n) is 12.5. The Bertz CT molecular complexity index is 594. The van der Waals surface area contributed by atoms with Gasteiger partial charge < -0.3 is 5.73 Å². The predicted molar refractivity (Wildman–Crippen MR) is 86.4 cm³/mol. The molecule has 0 aromatic heterocycles. The van der Waals surface area contributed by atoms with Crippen molar-refractivity contribution in [2.45, 2.75) is 43.7 Å². The van der Waals surface area contributed by atoms with E-state index in [0.717, 1.165) is 25.2 Å². The van der Waals surface area contributed by atoms with Crippen molar-refractivity contribution in [3.05, 3.63) is 47.2 Å². The molecule has 0 saturated carbocycles. The smallest absolute Gasteiger partial charge is 0.107 e. The highest BCUT2D eigenvalue weighted by molar-refractivity contribution is 5.73. The number of benzene rings is 1. The number of aryl methyl sites for hydroxylation is 1. The van der Waals surface area contributed by atoms with Gasteiger partial charge in [0.05, 0.1) is 0 Å². The molecule has 3 heteroatoms. The second-order valence-electron chi connectivity index (χ2n) is 6.70. The Morgan fingerprint density at radius 2 is 1.95 bits per heavy atom. The van der Waals surface area contributed by atoms with Gasteiger partial charge in [0.25, 0.3) is 0 Å². The molecule has 1 saturated heterocycles. The number of nitrogens with zero attached hydrogens (tertiary/aromatic N) is 2. The van der Waals surface area contributed by atoms with Crippen LogP contribution in [0.1, 0.15) is 36.8 Å². The van der Waals surface area contributed by atoms with Crippen LogP contribution in [-0.2, 0) is 11.8 Å². The molecular formula is C18H23N3. The number of dihydropyridines is 1. The molecule has 4 rings (SSSR count). The summed E-state index contributed by atoms with van der Waals surface area (Å²) in [5, 5.41) is 0. The highest BCUT2D eigenvalue weighted by Gasteiger charge is 2.41. The maximum Gasteiger partial charge on any atom is 0.107 e. The SMILES string of the molecule is NC1=CC=NC(N2CCC3(CCc4ccccc43)CC2)C1. The minimum absolute atomic E-state index is 0.268. The van der Waals surface area contributed by atoms with Crippen molar-refractivity contribution in [3.8, 4) is 0 Å². The van der Waals surface area contributed by atoms with Crippen LogP contribution in [0.5, 0.6) is 0 Å². The molecule has 3 aliphatic rings. The van der Waals surface area contributed by atoms with Crippen molar-refractivity contribution in [1.82, 2.24) is 4.90 Å². The van der Waals surface area contributed by atoms with E-state index in [9.17, 15) is 0 Å². The molecule has 0 bridgehead atoms. The Labute approximate surface area is 126 Å². The molecule has 1 aromatic carbocycles. The molecule has 2 N–H and O–H groups in total. The first-order chi connectivity index (χ1) is 10.3. The Morgan fingerprint density at radius 1 is 1.14 bits per heavy atom. The average Bonchev–Trinajstić information content (AvgIpc) is 2.87. The fourth-order valence-electron chi connectivity index (χ4n) is 4.33. The molecule has 1 aliphatic carbocycles. The number of hydrogen-bond donors (Lipinski definition) is 1. The van der Waals surface area contributed by atoms with E-state index in [0.29, 0.717) is 5.41 Å². The summed E-state index contributed by atoms with van der Waals surface area (Å²) in [4.78, 5) is 7.12. The lowest BCUT2D eigenvalue weighted by Crippen LogP contribution is -2.46. The van der Waals surface area contributed by atoms with Crippen molar-refractivity contribution >= 4 is 6.21 Å². The van der Waals surface area contributed by atoms with Gasteiger partial charge in [-0.05, 0) is 48.3 Å². The minimum atomic E-state index is 0.268. The first-order valence-electron chi connectivity index (χ1n) is 8.07. The molecule has 0 amide bonds. The van der Waals surface area contributed by atoms with Gasteiger partial charge in [0.2, 0.25) is 0 Å². The third-order valence-corrected chi connectivity index (χ3v) is 5.60. The summed E-state index contributed by atoms with van der Waals surface area (Å²) >= 11 is 0. The fourth-order valence-corrected chi connectivity index (χ4v) is 4.33. The summed E-state index contributed by atoms with van der Waals surface area (Å²) in [7, 11) is 0. The zero-order chi connectivity index (χ0) is 14.3. The number of fused-ring (bicyclic) bond motifs is 2. The highest BCUT2D eigenvalue weighted by Crippen LogP contribution is 2.46. The number of nitrogens with two attached hydrogens (primary N) is 1. The topological polar surface area (TPSA) is 41.6 Å². The largest absolute Gasteiger partial charge is 0.402 e. The van der Waals surface area contributed by atoms with Crippen molar-refractivity contribution in [2.75, 3.05) is 13.1 Å². The van der Waals surface area contributed by atoms with Crippen LogP contribution in [0.2, 0.25) is 0 Å². The first kappa shape index (κ1) is 13.1. The van der Waals surface area contributed by atoms with Crippen LogP contribution in [0.25, 0.3) is 0 Å². The second-order valence-corrected chi connectivity index (χ2v) is 6.70. The third-order valence-electron chi connectivity index (χ3n) is 5.60. The van der Waals surface area contributed by atoms with Gasteiger partial charge in [0.1, 0.15) is 6.17 Å². The number of rotatable bonds is 1. The molecule has 1 unspecified atom stereocenters. The van der Waals surface area contributed by atoms with Crippen LogP contribution in [0.3, 0.4) is 0 Å². The molecule has 2 aliphatic heterocycles. The van der Waals surface area contributed by atoms with Crippen molar-refractivity contribution < 1.29 is 0 Å². The minimum Gasteiger partial charge on any atom is -0.402 e. The molecule has 1 fully saturated rings. The quantitative estimate of drug-likeness (QED) is 0.859. The van der Waals surface area contributed by atoms with Crippen LogP contribution in [0.4, 0.5) is 0 Å². The maximum absolute atomic E-state index is 5.95. The normalized spacial score (nSPS) is 27.6. The summed E-state index contributed by atoms with van der Waals surface area (Å²) in [6.07, 6.45) is 10.1. The second kappa shape index (κ2) is 4.99. The third kappa shape index (κ3) is 2.20. The van der Waals surface area contributed by atoms with Crippen LogP contribution in [0, 0.1) is 0 Å². The van der Waals surface area contributed by atoms with E-state index in [1.165, 1.54) is 25.7 Å². The number of hydrogen-bond acceptors (Lipinski definition) is 3. The van der Waals surface area contributed by atoms with E-state index in [2.05, 4.69) is 34.2 Å². The van der Waals surface area contributed by atoms with E-state index < -0.39 is 0 Å². The summed E-state index contributed by atoms with van der Waals surface area (Å²) in [5.41, 5.74) is 10.6. The predicted octanol–water partition coefficient (Wildman–Crippen LogP) is 2.61. The lowest BCUT2D eigenvalue weighted by Gasteiger charge is -2.42. The van der Waals surface area contributed by atoms with Crippen LogP contribution in [0.15, 0.2) is 41.0 Å². The molecular weight excluding hydrogens is 258 g/mol. The monoisotopic (exact) mass is 281 g/mol. The summed E-state index contributed by atoms with van der Waals surface area (Å²) < 4.78 is 0. The molecule has 1 spiro atoms. The van der Waals surface area contributed by atoms with Crippen molar-refractivity contribution in [1.29, 1.82) is 0 Å². The Balaban J connectivity index is 1.48. The van der Waals surface area contributed by atoms with Crippen LogP contribution in [-0.4, -0.2) is 30.4 Å². The lowest BCUT2D eigenvalue weighted by molar-refractivity contribution is 0.116. The van der Waals surface area contributed by atoms with E-state index in [4.69, 9.17) is 5.73 Å². The van der Waals surface area contributed by atoms with Crippen molar-refractivity contribution in [3.63, 3.8) is 0 Å². The Morgan fingerprint density at radius 3 is 2.76 bits per heavy atom. The van der Waals surface area contributed by atoms with Crippen LogP contribution >= 0.6 is 0 Å². The summed E-state index contributed by atoms with van der Waals surface area (Å²) in [5.74, 6) is 0. The average molecular weight is 281 g/mol. The van der Waals surface area contributed by atoms with E-state index in [-0.39, 0.29) is 6.17 Å². The number of allylic oxidation sites excluding steroid dienone is 1. The van der Waals surface area contributed by atoms with Gasteiger partial charge in [-0.2, -0.15) is 0 Å². The summed E-state index contributed by atoms with van der Waals surface area (Å²) in [6, 6.07) is 9.05. The molecule has 3 nitrogen and oxygen atoms in total. The van der Waals surface area contributed by atoms with E-state index >= 15 is 0 Å². The van der Waals surface area contributed by atoms with Gasteiger partial charge in [-0.3, -0.25) is 9.89 Å². The van der Waals surface area contributed by atoms with Crippen LogP contribution < -0.4 is 5.73 Å². The zero-order valence-corrected chi connectivity index (χ0v) is 12.5. The van der Waals surface area contributed by atoms with E-state index in [1.807, 2.05) is 12.3 Å². The van der Waals surface area contributed by atoms with Gasteiger partial charge in [-0.25, -0.2) is 0 Å². The standard InChI is InChI=1S/C18H23N3/c19-15-6-10-20-17(13-15)21-11-8-18(9-12-21)7-5-14-3-1-2-4-16(14)18/h1-4,6,10,17H,5,7-9,11-13,19H2. The molecule has 110 valence electrons. The molecule has 1 aromatic rings. The lowest BCUT2D eigenvalue weighted by atomic mass is 9.73. The van der Waals surface area contributed by atoms with Gasteiger partial charge in [0.15, 0.2) is 0 Å². The van der Waals surface area contributed by atoms with Crippen molar-refractivity contribution in [2.24, 2.45) is 10.7 Å².